The predicted molar refractivity (Wildman–Crippen MR) is 97.9 cm³/mol. The van der Waals surface area contributed by atoms with Crippen LogP contribution in [-0.2, 0) is 18.6 Å². The van der Waals surface area contributed by atoms with Crippen LogP contribution < -0.4 is 5.73 Å². The van der Waals surface area contributed by atoms with Gasteiger partial charge in [-0.3, -0.25) is 4.98 Å². The lowest BCUT2D eigenvalue weighted by molar-refractivity contribution is -0.292. The summed E-state index contributed by atoms with van der Waals surface area (Å²) in [7, 11) is 0. The number of nitrogens with two attached hydrogens (primary N) is 1. The Balaban J connectivity index is 2.19. The first-order valence-corrected chi connectivity index (χ1v) is 8.97. The standard InChI is InChI=1S/C18H12ClF8N5/c1-8-9(3-2-4-12(8)28)7-32-14(30-15(31-32)16(20,21)18(25,26)27)13-11(19)5-10(6-29-13)17(22,23)24/h2-6H,7,28H2,1H3. The zero-order valence-corrected chi connectivity index (χ0v) is 16.6. The monoisotopic (exact) mass is 485 g/mol. The fourth-order valence-corrected chi connectivity index (χ4v) is 2.93. The van der Waals surface area contributed by atoms with E-state index >= 15 is 0 Å². The van der Waals surface area contributed by atoms with Gasteiger partial charge in [0.2, 0.25) is 5.82 Å². The number of anilines is 1. The molecule has 0 amide bonds. The van der Waals surface area contributed by atoms with Crippen molar-refractivity contribution in [3.8, 4) is 11.5 Å². The average molecular weight is 486 g/mol. The lowest BCUT2D eigenvalue weighted by Crippen LogP contribution is -2.35. The highest BCUT2D eigenvalue weighted by atomic mass is 35.5. The molecule has 3 rings (SSSR count). The minimum absolute atomic E-state index is 0.315. The second-order valence-electron chi connectivity index (χ2n) is 6.67. The molecule has 0 aliphatic rings. The van der Waals surface area contributed by atoms with Gasteiger partial charge in [0.1, 0.15) is 5.69 Å². The molecule has 0 aliphatic heterocycles. The Hall–Kier alpha value is -2.96. The van der Waals surface area contributed by atoms with E-state index in [0.29, 0.717) is 33.8 Å². The summed E-state index contributed by atoms with van der Waals surface area (Å²) in [6.45, 7) is 1.20. The number of aromatic nitrogens is 4. The number of nitrogen functional groups attached to an aromatic ring is 1. The van der Waals surface area contributed by atoms with Gasteiger partial charge in [0, 0.05) is 11.9 Å². The summed E-state index contributed by atoms with van der Waals surface area (Å²) < 4.78 is 106. The third kappa shape index (κ3) is 4.33. The second-order valence-corrected chi connectivity index (χ2v) is 7.08. The van der Waals surface area contributed by atoms with Crippen LogP contribution in [0.2, 0.25) is 5.02 Å². The number of nitrogens with zero attached hydrogens (tertiary/aromatic N) is 4. The number of pyridine rings is 1. The molecule has 3 aromatic rings. The van der Waals surface area contributed by atoms with Crippen molar-refractivity contribution in [1.82, 2.24) is 19.7 Å². The van der Waals surface area contributed by atoms with E-state index in [0.717, 1.165) is 0 Å². The van der Waals surface area contributed by atoms with Crippen LogP contribution in [0.4, 0.5) is 40.8 Å². The van der Waals surface area contributed by atoms with Crippen LogP contribution in [0.3, 0.4) is 0 Å². The molecule has 32 heavy (non-hydrogen) atoms. The number of hydrogen-bond acceptors (Lipinski definition) is 4. The maximum atomic E-state index is 13.9. The lowest BCUT2D eigenvalue weighted by Gasteiger charge is -2.15. The molecule has 172 valence electrons. The van der Waals surface area contributed by atoms with Crippen molar-refractivity contribution < 1.29 is 35.1 Å². The molecule has 2 heterocycles. The van der Waals surface area contributed by atoms with Gasteiger partial charge >= 0.3 is 18.3 Å². The first kappa shape index (κ1) is 23.7. The largest absolute Gasteiger partial charge is 0.461 e. The summed E-state index contributed by atoms with van der Waals surface area (Å²) in [6.07, 6.45) is -10.5. The van der Waals surface area contributed by atoms with Crippen molar-refractivity contribution in [2.24, 2.45) is 0 Å². The molecule has 2 N–H and O–H groups in total. The van der Waals surface area contributed by atoms with Gasteiger partial charge in [0.05, 0.1) is 17.1 Å². The first-order valence-electron chi connectivity index (χ1n) is 8.60. The summed E-state index contributed by atoms with van der Waals surface area (Å²) in [5.41, 5.74) is 5.18. The topological polar surface area (TPSA) is 69.6 Å². The normalized spacial score (nSPS) is 12.9. The van der Waals surface area contributed by atoms with Gasteiger partial charge in [0.15, 0.2) is 5.82 Å². The fraction of sp³-hybridized carbons (Fsp3) is 0.278. The second kappa shape index (κ2) is 7.87. The molecule has 2 aromatic heterocycles. The Bertz CT molecular complexity index is 1150. The molecule has 0 spiro atoms. The summed E-state index contributed by atoms with van der Waals surface area (Å²) >= 11 is 5.84. The Morgan fingerprint density at radius 1 is 1.06 bits per heavy atom. The van der Waals surface area contributed by atoms with E-state index in [1.54, 1.807) is 13.0 Å². The van der Waals surface area contributed by atoms with Crippen LogP contribution in [0.1, 0.15) is 22.5 Å². The molecule has 1 aromatic carbocycles. The molecular formula is C18H12ClF8N5. The fourth-order valence-electron chi connectivity index (χ4n) is 2.68. The van der Waals surface area contributed by atoms with Crippen molar-refractivity contribution >= 4 is 17.3 Å². The Morgan fingerprint density at radius 2 is 1.72 bits per heavy atom. The average Bonchev–Trinajstić information content (AvgIpc) is 3.08. The number of halogens is 9. The zero-order valence-electron chi connectivity index (χ0n) is 15.9. The zero-order chi connectivity index (χ0) is 24.1. The van der Waals surface area contributed by atoms with E-state index in [4.69, 9.17) is 17.3 Å². The Morgan fingerprint density at radius 3 is 2.28 bits per heavy atom. The molecule has 0 fully saturated rings. The summed E-state index contributed by atoms with van der Waals surface area (Å²) in [5.74, 6) is -8.01. The molecule has 0 saturated carbocycles. The minimum Gasteiger partial charge on any atom is -0.399 e. The molecule has 0 radical (unpaired) electrons. The van der Waals surface area contributed by atoms with Crippen molar-refractivity contribution in [1.29, 1.82) is 0 Å². The van der Waals surface area contributed by atoms with Crippen LogP contribution in [0.5, 0.6) is 0 Å². The van der Waals surface area contributed by atoms with Crippen molar-refractivity contribution in [2.45, 2.75) is 31.7 Å². The molecular weight excluding hydrogens is 474 g/mol. The van der Waals surface area contributed by atoms with Crippen molar-refractivity contribution in [3.05, 3.63) is 58.0 Å². The van der Waals surface area contributed by atoms with Gasteiger partial charge in [-0.15, -0.1) is 5.10 Å². The maximum Gasteiger partial charge on any atom is 0.461 e. The van der Waals surface area contributed by atoms with E-state index in [9.17, 15) is 35.1 Å². The molecule has 0 aliphatic carbocycles. The minimum atomic E-state index is -6.01. The van der Waals surface area contributed by atoms with E-state index < -0.39 is 46.2 Å². The Kier molecular flexibility index (Phi) is 5.83. The third-order valence-corrected chi connectivity index (χ3v) is 4.78. The molecule has 14 heteroatoms. The molecule has 0 bridgehead atoms. The Labute approximate surface area is 179 Å². The van der Waals surface area contributed by atoms with Gasteiger partial charge in [-0.2, -0.15) is 35.1 Å². The van der Waals surface area contributed by atoms with Crippen LogP contribution >= 0.6 is 11.6 Å². The summed E-state index contributed by atoms with van der Waals surface area (Å²) in [4.78, 5) is 6.73. The smallest absolute Gasteiger partial charge is 0.399 e. The van der Waals surface area contributed by atoms with E-state index in [2.05, 4.69) is 15.1 Å². The number of hydrogen-bond donors (Lipinski definition) is 1. The summed E-state index contributed by atoms with van der Waals surface area (Å²) in [6, 6.07) is 5.03. The van der Waals surface area contributed by atoms with Gasteiger partial charge in [-0.1, -0.05) is 23.7 Å². The van der Waals surface area contributed by atoms with Crippen LogP contribution in [0.15, 0.2) is 30.5 Å². The van der Waals surface area contributed by atoms with E-state index in [-0.39, 0.29) is 6.54 Å². The number of rotatable bonds is 4. The maximum absolute atomic E-state index is 13.9. The highest BCUT2D eigenvalue weighted by molar-refractivity contribution is 6.32. The number of benzene rings is 1. The quantitative estimate of drug-likeness (QED) is 0.385. The van der Waals surface area contributed by atoms with Gasteiger partial charge in [0.25, 0.3) is 0 Å². The van der Waals surface area contributed by atoms with E-state index in [1.165, 1.54) is 12.1 Å². The summed E-state index contributed by atoms with van der Waals surface area (Å²) in [5, 5.41) is 2.61. The molecule has 0 unspecified atom stereocenters. The lowest BCUT2D eigenvalue weighted by atomic mass is 10.1. The highest BCUT2D eigenvalue weighted by Crippen LogP contribution is 2.43. The third-order valence-electron chi connectivity index (χ3n) is 4.50. The molecule has 0 atom stereocenters. The molecule has 0 saturated heterocycles. The van der Waals surface area contributed by atoms with Crippen LogP contribution in [-0.4, -0.2) is 25.9 Å². The predicted octanol–water partition coefficient (Wildman–Crippen LogP) is 5.61. The number of alkyl halides is 8. The van der Waals surface area contributed by atoms with Crippen molar-refractivity contribution in [2.75, 3.05) is 5.73 Å². The molecule has 5 nitrogen and oxygen atoms in total. The van der Waals surface area contributed by atoms with Crippen LogP contribution in [0, 0.1) is 6.92 Å². The highest BCUT2D eigenvalue weighted by Gasteiger charge is 2.62. The van der Waals surface area contributed by atoms with E-state index in [1.807, 2.05) is 0 Å². The SMILES string of the molecule is Cc1c(N)cccc1Cn1nc(C(F)(F)C(F)(F)F)nc1-c1ncc(C(F)(F)F)cc1Cl. The first-order chi connectivity index (χ1) is 14.6. The van der Waals surface area contributed by atoms with Gasteiger partial charge in [-0.05, 0) is 30.2 Å². The van der Waals surface area contributed by atoms with Crippen LogP contribution in [0.25, 0.3) is 11.5 Å². The van der Waals surface area contributed by atoms with Crippen molar-refractivity contribution in [3.63, 3.8) is 0 Å². The van der Waals surface area contributed by atoms with Gasteiger partial charge < -0.3 is 5.73 Å². The van der Waals surface area contributed by atoms with Gasteiger partial charge in [-0.25, -0.2) is 9.67 Å².